The third-order valence-corrected chi connectivity index (χ3v) is 4.84. The van der Waals surface area contributed by atoms with E-state index in [-0.39, 0.29) is 5.82 Å². The quantitative estimate of drug-likeness (QED) is 0.638. The molecule has 5 nitrogen and oxygen atoms in total. The Kier molecular flexibility index (Phi) is 5.02. The molecular weight excluding hydrogens is 331 g/mol. The highest BCUT2D eigenvalue weighted by molar-refractivity contribution is 5.74. The SMILES string of the molecule is Fc1ccccc1N1CCN(CCCOn2cnc3ccccc32)CC1. The summed E-state index contributed by atoms with van der Waals surface area (Å²) in [4.78, 5) is 14.7. The molecule has 0 atom stereocenters. The Bertz CT molecular complexity index is 858. The molecule has 0 bridgehead atoms. The molecule has 6 heteroatoms. The van der Waals surface area contributed by atoms with Gasteiger partial charge in [0.05, 0.1) is 11.2 Å². The van der Waals surface area contributed by atoms with Crippen molar-refractivity contribution >= 4 is 16.7 Å². The van der Waals surface area contributed by atoms with Gasteiger partial charge in [0.1, 0.15) is 24.3 Å². The van der Waals surface area contributed by atoms with Gasteiger partial charge in [0.25, 0.3) is 0 Å². The number of halogens is 1. The molecule has 1 fully saturated rings. The second-order valence-electron chi connectivity index (χ2n) is 6.53. The van der Waals surface area contributed by atoms with E-state index in [1.54, 1.807) is 17.1 Å². The van der Waals surface area contributed by atoms with Crippen molar-refractivity contribution in [3.05, 3.63) is 60.7 Å². The van der Waals surface area contributed by atoms with Gasteiger partial charge in [-0.05, 0) is 30.7 Å². The highest BCUT2D eigenvalue weighted by atomic mass is 19.1. The van der Waals surface area contributed by atoms with E-state index in [9.17, 15) is 4.39 Å². The highest BCUT2D eigenvalue weighted by Crippen LogP contribution is 2.20. The minimum absolute atomic E-state index is 0.137. The molecule has 0 amide bonds. The summed E-state index contributed by atoms with van der Waals surface area (Å²) in [7, 11) is 0. The second kappa shape index (κ2) is 7.74. The van der Waals surface area contributed by atoms with E-state index >= 15 is 0 Å². The number of hydrogen-bond acceptors (Lipinski definition) is 4. The summed E-state index contributed by atoms with van der Waals surface area (Å²) in [6, 6.07) is 14.9. The predicted octanol–water partition coefficient (Wildman–Crippen LogP) is 2.82. The van der Waals surface area contributed by atoms with Crippen LogP contribution in [0.1, 0.15) is 6.42 Å². The van der Waals surface area contributed by atoms with Gasteiger partial charge in [-0.25, -0.2) is 9.37 Å². The van der Waals surface area contributed by atoms with Crippen LogP contribution in [0.3, 0.4) is 0 Å². The molecule has 1 aliphatic rings. The van der Waals surface area contributed by atoms with Crippen LogP contribution in [0.25, 0.3) is 11.0 Å². The highest BCUT2D eigenvalue weighted by Gasteiger charge is 2.18. The van der Waals surface area contributed by atoms with Crippen LogP contribution in [-0.4, -0.2) is 53.9 Å². The van der Waals surface area contributed by atoms with Crippen molar-refractivity contribution in [3.8, 4) is 0 Å². The summed E-state index contributed by atoms with van der Waals surface area (Å²) < 4.78 is 15.6. The maximum Gasteiger partial charge on any atom is 0.146 e. The van der Waals surface area contributed by atoms with Crippen molar-refractivity contribution in [2.75, 3.05) is 44.2 Å². The van der Waals surface area contributed by atoms with Gasteiger partial charge in [-0.15, -0.1) is 0 Å². The topological polar surface area (TPSA) is 33.5 Å². The monoisotopic (exact) mass is 354 g/mol. The van der Waals surface area contributed by atoms with Gasteiger partial charge in [-0.3, -0.25) is 4.90 Å². The molecule has 26 heavy (non-hydrogen) atoms. The fourth-order valence-electron chi connectivity index (χ4n) is 3.41. The summed E-state index contributed by atoms with van der Waals surface area (Å²) in [6.07, 6.45) is 2.67. The zero-order valence-electron chi connectivity index (χ0n) is 14.7. The Labute approximate surface area is 152 Å². The third kappa shape index (κ3) is 3.65. The number of fused-ring (bicyclic) bond motifs is 1. The van der Waals surface area contributed by atoms with Gasteiger partial charge in [0, 0.05) is 32.7 Å². The minimum atomic E-state index is -0.137. The van der Waals surface area contributed by atoms with E-state index in [2.05, 4.69) is 14.8 Å². The lowest BCUT2D eigenvalue weighted by Gasteiger charge is -2.36. The number of benzene rings is 2. The van der Waals surface area contributed by atoms with Crippen molar-refractivity contribution < 1.29 is 9.23 Å². The standard InChI is InChI=1S/C20H23FN4O/c21-17-6-1-3-8-19(17)24-13-11-23(12-14-24)10-5-15-26-25-16-22-18-7-2-4-9-20(18)25/h1-4,6-9,16H,5,10-15H2. The lowest BCUT2D eigenvalue weighted by molar-refractivity contribution is 0.106. The van der Waals surface area contributed by atoms with E-state index < -0.39 is 0 Å². The van der Waals surface area contributed by atoms with Crippen LogP contribution < -0.4 is 9.74 Å². The molecular formula is C20H23FN4O. The maximum atomic E-state index is 13.9. The van der Waals surface area contributed by atoms with Crippen molar-refractivity contribution in [1.82, 2.24) is 14.6 Å². The Balaban J connectivity index is 1.21. The molecule has 0 radical (unpaired) electrons. The van der Waals surface area contributed by atoms with Crippen LogP contribution in [-0.2, 0) is 0 Å². The van der Waals surface area contributed by atoms with Crippen molar-refractivity contribution in [2.45, 2.75) is 6.42 Å². The number of rotatable bonds is 6. The summed E-state index contributed by atoms with van der Waals surface area (Å²) in [5.41, 5.74) is 2.64. The van der Waals surface area contributed by atoms with E-state index in [4.69, 9.17) is 4.84 Å². The number of para-hydroxylation sites is 3. The molecule has 1 saturated heterocycles. The Hall–Kier alpha value is -2.60. The van der Waals surface area contributed by atoms with E-state index in [1.807, 2.05) is 36.4 Å². The minimum Gasteiger partial charge on any atom is -0.412 e. The van der Waals surface area contributed by atoms with Crippen LogP contribution in [0.15, 0.2) is 54.9 Å². The molecule has 0 unspecified atom stereocenters. The first kappa shape index (κ1) is 16.8. The average Bonchev–Trinajstić information content (AvgIpc) is 3.09. The summed E-state index contributed by atoms with van der Waals surface area (Å²) in [5.74, 6) is -0.137. The largest absolute Gasteiger partial charge is 0.412 e. The first-order chi connectivity index (χ1) is 12.8. The smallest absolute Gasteiger partial charge is 0.146 e. The van der Waals surface area contributed by atoms with Crippen LogP contribution >= 0.6 is 0 Å². The van der Waals surface area contributed by atoms with Crippen molar-refractivity contribution in [1.29, 1.82) is 0 Å². The zero-order valence-corrected chi connectivity index (χ0v) is 14.7. The van der Waals surface area contributed by atoms with Crippen LogP contribution in [0, 0.1) is 5.82 Å². The van der Waals surface area contributed by atoms with Crippen LogP contribution in [0.2, 0.25) is 0 Å². The molecule has 1 aliphatic heterocycles. The fraction of sp³-hybridized carbons (Fsp3) is 0.350. The third-order valence-electron chi connectivity index (χ3n) is 4.84. The first-order valence-corrected chi connectivity index (χ1v) is 9.08. The number of imidazole rings is 1. The number of anilines is 1. The molecule has 0 aliphatic carbocycles. The predicted molar refractivity (Wildman–Crippen MR) is 101 cm³/mol. The Morgan fingerprint density at radius 3 is 2.58 bits per heavy atom. The molecule has 3 aromatic rings. The average molecular weight is 354 g/mol. The van der Waals surface area contributed by atoms with Gasteiger partial charge >= 0.3 is 0 Å². The van der Waals surface area contributed by atoms with E-state index in [1.165, 1.54) is 6.07 Å². The number of nitrogens with zero attached hydrogens (tertiary/aromatic N) is 4. The molecule has 2 heterocycles. The maximum absolute atomic E-state index is 13.9. The number of piperazine rings is 1. The summed E-state index contributed by atoms with van der Waals surface area (Å²) in [6.45, 7) is 5.23. The van der Waals surface area contributed by atoms with Gasteiger partial charge in [-0.2, -0.15) is 4.73 Å². The van der Waals surface area contributed by atoms with Crippen LogP contribution in [0.4, 0.5) is 10.1 Å². The molecule has 1 aromatic heterocycles. The van der Waals surface area contributed by atoms with Gasteiger partial charge in [0.2, 0.25) is 0 Å². The van der Waals surface area contributed by atoms with E-state index in [0.29, 0.717) is 12.3 Å². The Morgan fingerprint density at radius 2 is 1.73 bits per heavy atom. The first-order valence-electron chi connectivity index (χ1n) is 9.08. The summed E-state index contributed by atoms with van der Waals surface area (Å²) in [5, 5.41) is 0. The second-order valence-corrected chi connectivity index (χ2v) is 6.53. The Morgan fingerprint density at radius 1 is 0.962 bits per heavy atom. The lowest BCUT2D eigenvalue weighted by atomic mass is 10.2. The lowest BCUT2D eigenvalue weighted by Crippen LogP contribution is -2.47. The van der Waals surface area contributed by atoms with Gasteiger partial charge in [0.15, 0.2) is 0 Å². The number of hydrogen-bond donors (Lipinski definition) is 0. The van der Waals surface area contributed by atoms with E-state index in [0.717, 1.165) is 50.2 Å². The molecule has 0 saturated carbocycles. The van der Waals surface area contributed by atoms with Crippen molar-refractivity contribution in [2.24, 2.45) is 0 Å². The fourth-order valence-corrected chi connectivity index (χ4v) is 3.41. The number of aromatic nitrogens is 2. The molecule has 0 spiro atoms. The van der Waals surface area contributed by atoms with Crippen molar-refractivity contribution in [3.63, 3.8) is 0 Å². The molecule has 0 N–H and O–H groups in total. The normalized spacial score (nSPS) is 15.5. The molecule has 2 aromatic carbocycles. The zero-order chi connectivity index (χ0) is 17.8. The van der Waals surface area contributed by atoms with Gasteiger partial charge in [-0.1, -0.05) is 24.3 Å². The summed E-state index contributed by atoms with van der Waals surface area (Å²) >= 11 is 0. The molecule has 136 valence electrons. The molecule has 4 rings (SSSR count). The van der Waals surface area contributed by atoms with Crippen LogP contribution in [0.5, 0.6) is 0 Å². The van der Waals surface area contributed by atoms with Gasteiger partial charge < -0.3 is 9.74 Å².